The van der Waals surface area contributed by atoms with E-state index >= 15 is 0 Å². The second-order valence-electron chi connectivity index (χ2n) is 4.38. The van der Waals surface area contributed by atoms with Gasteiger partial charge in [0.05, 0.1) is 4.92 Å². The van der Waals surface area contributed by atoms with Gasteiger partial charge in [0, 0.05) is 24.5 Å². The maximum atomic E-state index is 13.2. The summed E-state index contributed by atoms with van der Waals surface area (Å²) in [5, 5.41) is 11.0. The summed E-state index contributed by atoms with van der Waals surface area (Å²) in [5.41, 5.74) is 5.60. The summed E-state index contributed by atoms with van der Waals surface area (Å²) in [6.45, 7) is 0. The monoisotopic (exact) mass is 289 g/mol. The second kappa shape index (κ2) is 5.58. The number of carbonyl (C=O) groups is 1. The van der Waals surface area contributed by atoms with E-state index in [1.807, 2.05) is 0 Å². The number of hydrogen-bond donors (Lipinski definition) is 1. The molecule has 0 radical (unpaired) electrons. The number of benzene rings is 2. The zero-order chi connectivity index (χ0) is 15.6. The van der Waals surface area contributed by atoms with E-state index in [1.165, 1.54) is 43.4 Å². The molecule has 0 heterocycles. The summed E-state index contributed by atoms with van der Waals surface area (Å²) in [7, 11) is 1.41. The Balaban J connectivity index is 2.44. The summed E-state index contributed by atoms with van der Waals surface area (Å²) >= 11 is 0. The van der Waals surface area contributed by atoms with Gasteiger partial charge in [0.2, 0.25) is 0 Å². The number of hydrogen-bond acceptors (Lipinski definition) is 4. The Labute approximate surface area is 119 Å². The maximum absolute atomic E-state index is 13.2. The SMILES string of the molecule is CN(C(=O)c1cc(N)ccc1[N+](=O)[O-])c1cccc(F)c1. The molecule has 108 valence electrons. The van der Waals surface area contributed by atoms with E-state index < -0.39 is 16.6 Å². The van der Waals surface area contributed by atoms with Crippen LogP contribution in [0.2, 0.25) is 0 Å². The maximum Gasteiger partial charge on any atom is 0.282 e. The third-order valence-corrected chi connectivity index (χ3v) is 2.95. The van der Waals surface area contributed by atoms with Crippen LogP contribution in [0.3, 0.4) is 0 Å². The number of nitrogen functional groups attached to an aromatic ring is 1. The molecular weight excluding hydrogens is 277 g/mol. The standard InChI is InChI=1S/C14H12FN3O3/c1-17(11-4-2-3-9(15)7-11)14(19)12-8-10(16)5-6-13(12)18(20)21/h2-8H,16H2,1H3. The Kier molecular flexibility index (Phi) is 3.84. The molecule has 6 nitrogen and oxygen atoms in total. The van der Waals surface area contributed by atoms with Crippen LogP contribution in [0.15, 0.2) is 42.5 Å². The van der Waals surface area contributed by atoms with Crippen LogP contribution in [0, 0.1) is 15.9 Å². The van der Waals surface area contributed by atoms with Crippen molar-refractivity contribution in [1.82, 2.24) is 0 Å². The first-order valence-electron chi connectivity index (χ1n) is 5.97. The molecule has 21 heavy (non-hydrogen) atoms. The average molecular weight is 289 g/mol. The molecule has 2 N–H and O–H groups in total. The molecule has 0 unspecified atom stereocenters. The number of amides is 1. The first kappa shape index (κ1) is 14.4. The van der Waals surface area contributed by atoms with Crippen molar-refractivity contribution >= 4 is 23.0 Å². The first-order chi connectivity index (χ1) is 9.90. The van der Waals surface area contributed by atoms with Gasteiger partial charge in [-0.1, -0.05) is 6.07 Å². The van der Waals surface area contributed by atoms with E-state index in [1.54, 1.807) is 0 Å². The van der Waals surface area contributed by atoms with Crippen LogP contribution in [0.25, 0.3) is 0 Å². The summed E-state index contributed by atoms with van der Waals surface area (Å²) in [6, 6.07) is 9.12. The number of anilines is 2. The number of carbonyl (C=O) groups excluding carboxylic acids is 1. The van der Waals surface area contributed by atoms with Gasteiger partial charge in [-0.25, -0.2) is 4.39 Å². The van der Waals surface area contributed by atoms with Crippen LogP contribution in [0.4, 0.5) is 21.5 Å². The molecule has 2 aromatic carbocycles. The highest BCUT2D eigenvalue weighted by Gasteiger charge is 2.24. The normalized spacial score (nSPS) is 10.2. The van der Waals surface area contributed by atoms with Crippen molar-refractivity contribution in [3.05, 3.63) is 64.0 Å². The van der Waals surface area contributed by atoms with Gasteiger partial charge < -0.3 is 10.6 Å². The van der Waals surface area contributed by atoms with E-state index in [9.17, 15) is 19.3 Å². The van der Waals surface area contributed by atoms with Crippen molar-refractivity contribution in [2.75, 3.05) is 17.7 Å². The van der Waals surface area contributed by atoms with Gasteiger partial charge in [-0.15, -0.1) is 0 Å². The fourth-order valence-electron chi connectivity index (χ4n) is 1.87. The first-order valence-corrected chi connectivity index (χ1v) is 5.97. The molecule has 0 saturated carbocycles. The number of nitro benzene ring substituents is 1. The molecule has 2 rings (SSSR count). The van der Waals surface area contributed by atoms with Gasteiger partial charge in [-0.05, 0) is 30.3 Å². The molecule has 0 aliphatic heterocycles. The molecule has 7 heteroatoms. The highest BCUT2D eigenvalue weighted by atomic mass is 19.1. The van der Waals surface area contributed by atoms with E-state index in [4.69, 9.17) is 5.73 Å². The predicted molar refractivity (Wildman–Crippen MR) is 76.6 cm³/mol. The van der Waals surface area contributed by atoms with Crippen molar-refractivity contribution in [3.8, 4) is 0 Å². The van der Waals surface area contributed by atoms with E-state index in [0.29, 0.717) is 0 Å². The molecule has 0 aliphatic rings. The van der Waals surface area contributed by atoms with Crippen LogP contribution >= 0.6 is 0 Å². The fraction of sp³-hybridized carbons (Fsp3) is 0.0714. The zero-order valence-electron chi connectivity index (χ0n) is 11.1. The number of nitrogens with two attached hydrogens (primary N) is 1. The van der Waals surface area contributed by atoms with Crippen molar-refractivity contribution in [2.24, 2.45) is 0 Å². The Morgan fingerprint density at radius 1 is 1.29 bits per heavy atom. The van der Waals surface area contributed by atoms with Crippen molar-refractivity contribution in [3.63, 3.8) is 0 Å². The lowest BCUT2D eigenvalue weighted by atomic mass is 10.1. The molecule has 0 spiro atoms. The minimum absolute atomic E-state index is 0.147. The lowest BCUT2D eigenvalue weighted by Gasteiger charge is -2.17. The highest BCUT2D eigenvalue weighted by molar-refractivity contribution is 6.08. The summed E-state index contributed by atoms with van der Waals surface area (Å²) in [5.74, 6) is -1.14. The zero-order valence-corrected chi connectivity index (χ0v) is 11.1. The van der Waals surface area contributed by atoms with E-state index in [0.717, 1.165) is 11.0 Å². The Bertz CT molecular complexity index is 718. The minimum atomic E-state index is -0.661. The predicted octanol–water partition coefficient (Wildman–Crippen LogP) is 2.59. The molecule has 1 amide bonds. The molecular formula is C14H12FN3O3. The van der Waals surface area contributed by atoms with Gasteiger partial charge in [0.15, 0.2) is 0 Å². The smallest absolute Gasteiger partial charge is 0.282 e. The molecule has 0 atom stereocenters. The largest absolute Gasteiger partial charge is 0.399 e. The number of nitrogens with zero attached hydrogens (tertiary/aromatic N) is 2. The minimum Gasteiger partial charge on any atom is -0.399 e. The van der Waals surface area contributed by atoms with Gasteiger partial charge in [-0.2, -0.15) is 0 Å². The molecule has 0 saturated heterocycles. The van der Waals surface area contributed by atoms with Crippen LogP contribution in [0.1, 0.15) is 10.4 Å². The number of halogens is 1. The third-order valence-electron chi connectivity index (χ3n) is 2.95. The second-order valence-corrected chi connectivity index (χ2v) is 4.38. The van der Waals surface area contributed by atoms with Gasteiger partial charge >= 0.3 is 0 Å². The topological polar surface area (TPSA) is 89.5 Å². The van der Waals surface area contributed by atoms with Crippen LogP contribution in [-0.2, 0) is 0 Å². The molecule has 2 aromatic rings. The van der Waals surface area contributed by atoms with Crippen molar-refractivity contribution in [1.29, 1.82) is 0 Å². The number of rotatable bonds is 3. The van der Waals surface area contributed by atoms with E-state index in [2.05, 4.69) is 0 Å². The van der Waals surface area contributed by atoms with Crippen LogP contribution < -0.4 is 10.6 Å². The third kappa shape index (κ3) is 2.97. The lowest BCUT2D eigenvalue weighted by Crippen LogP contribution is -2.27. The molecule has 0 fully saturated rings. The Morgan fingerprint density at radius 2 is 2.00 bits per heavy atom. The summed E-state index contributed by atoms with van der Waals surface area (Å²) in [4.78, 5) is 23.8. The lowest BCUT2D eigenvalue weighted by molar-refractivity contribution is -0.385. The fourth-order valence-corrected chi connectivity index (χ4v) is 1.87. The highest BCUT2D eigenvalue weighted by Crippen LogP contribution is 2.25. The molecule has 0 bridgehead atoms. The van der Waals surface area contributed by atoms with E-state index in [-0.39, 0.29) is 22.6 Å². The quantitative estimate of drug-likeness (QED) is 0.534. The Hall–Kier alpha value is -2.96. The van der Waals surface area contributed by atoms with Gasteiger partial charge in [0.25, 0.3) is 11.6 Å². The van der Waals surface area contributed by atoms with Crippen molar-refractivity contribution in [2.45, 2.75) is 0 Å². The average Bonchev–Trinajstić information content (AvgIpc) is 2.45. The molecule has 0 aliphatic carbocycles. The van der Waals surface area contributed by atoms with Gasteiger partial charge in [0.1, 0.15) is 11.4 Å². The molecule has 0 aromatic heterocycles. The Morgan fingerprint density at radius 3 is 2.62 bits per heavy atom. The van der Waals surface area contributed by atoms with Gasteiger partial charge in [-0.3, -0.25) is 14.9 Å². The summed E-state index contributed by atoms with van der Waals surface area (Å²) < 4.78 is 13.2. The number of nitro groups is 1. The van der Waals surface area contributed by atoms with Crippen LogP contribution in [-0.4, -0.2) is 17.9 Å². The van der Waals surface area contributed by atoms with Crippen LogP contribution in [0.5, 0.6) is 0 Å². The summed E-state index contributed by atoms with van der Waals surface area (Å²) in [6.07, 6.45) is 0. The van der Waals surface area contributed by atoms with Crippen molar-refractivity contribution < 1.29 is 14.1 Å².